The summed E-state index contributed by atoms with van der Waals surface area (Å²) in [6, 6.07) is 8.97. The van der Waals surface area contributed by atoms with Crippen molar-refractivity contribution in [2.75, 3.05) is 32.0 Å². The van der Waals surface area contributed by atoms with E-state index in [0.717, 1.165) is 23.7 Å². The Bertz CT molecular complexity index is 1400. The molecule has 0 saturated carbocycles. The first-order chi connectivity index (χ1) is 18.3. The topological polar surface area (TPSA) is 117 Å². The van der Waals surface area contributed by atoms with E-state index in [0.29, 0.717) is 34.8 Å². The molecular weight excluding hydrogens is 500 g/mol. The summed E-state index contributed by atoms with van der Waals surface area (Å²) in [6.45, 7) is 10.4. The van der Waals surface area contributed by atoms with E-state index in [1.807, 2.05) is 29.8 Å². The minimum Gasteiger partial charge on any atom is -0.359 e. The lowest BCUT2D eigenvalue weighted by Gasteiger charge is -2.26. The van der Waals surface area contributed by atoms with Crippen LogP contribution in [-0.4, -0.2) is 75.1 Å². The average Bonchev–Trinajstić information content (AvgIpc) is 3.62. The number of nitrogens with zero attached hydrogens (tertiary/aromatic N) is 5. The molecule has 0 radical (unpaired) electrons. The Hall–Kier alpha value is -3.83. The van der Waals surface area contributed by atoms with E-state index in [-0.39, 0.29) is 17.9 Å². The number of hydrogen-bond donors (Lipinski definition) is 3. The van der Waals surface area contributed by atoms with Crippen molar-refractivity contribution >= 4 is 34.6 Å². The van der Waals surface area contributed by atoms with E-state index in [1.54, 1.807) is 48.2 Å². The van der Waals surface area contributed by atoms with Gasteiger partial charge in [-0.15, -0.1) is 11.3 Å². The minimum absolute atomic E-state index is 0.186. The summed E-state index contributed by atoms with van der Waals surface area (Å²) in [5, 5.41) is 15.2. The number of anilines is 1. The number of fused-ring (bicyclic) bond motifs is 1. The normalized spacial score (nSPS) is 12.9. The monoisotopic (exact) mass is 534 g/mol. The SMILES string of the molecule is CCN(CC)[C@@H](C)CNC(=O)c1cc(N[C@H](C)C(=O)NC)nc(-c2cnn3ccc(-c4cccs4)nc23)c1. The average molecular weight is 535 g/mol. The fourth-order valence-corrected chi connectivity index (χ4v) is 5.00. The van der Waals surface area contributed by atoms with E-state index >= 15 is 0 Å². The third kappa shape index (κ3) is 6.00. The second-order valence-electron chi connectivity index (χ2n) is 9.00. The van der Waals surface area contributed by atoms with Crippen LogP contribution in [0.4, 0.5) is 5.82 Å². The van der Waals surface area contributed by atoms with Crippen LogP contribution in [0.2, 0.25) is 0 Å². The fourth-order valence-electron chi connectivity index (χ4n) is 4.31. The van der Waals surface area contributed by atoms with Gasteiger partial charge in [0.15, 0.2) is 5.65 Å². The van der Waals surface area contributed by atoms with Gasteiger partial charge in [0.1, 0.15) is 11.9 Å². The first kappa shape index (κ1) is 27.2. The van der Waals surface area contributed by atoms with Crippen LogP contribution in [0.1, 0.15) is 38.1 Å². The molecular formula is C27H34N8O2S. The largest absolute Gasteiger partial charge is 0.359 e. The smallest absolute Gasteiger partial charge is 0.251 e. The van der Waals surface area contributed by atoms with Gasteiger partial charge in [-0.2, -0.15) is 5.10 Å². The Balaban J connectivity index is 1.71. The molecule has 0 aliphatic rings. The number of amides is 2. The summed E-state index contributed by atoms with van der Waals surface area (Å²) in [7, 11) is 1.58. The molecule has 3 N–H and O–H groups in total. The lowest BCUT2D eigenvalue weighted by molar-refractivity contribution is -0.121. The van der Waals surface area contributed by atoms with Gasteiger partial charge < -0.3 is 16.0 Å². The molecule has 38 heavy (non-hydrogen) atoms. The standard InChI is InChI=1S/C27H34N8O2S/c1-6-34(7-2)17(3)15-29-27(37)19-13-22(32-24(14-19)31-18(4)26(36)28-5)20-16-30-35-11-10-21(33-25(20)35)23-9-8-12-38-23/h8-14,16-18H,6-7,15H2,1-5H3,(H,28,36)(H,29,37)(H,31,32)/t17-,18+/m0/s1. The van der Waals surface area contributed by atoms with Crippen LogP contribution in [0, 0.1) is 0 Å². The Labute approximate surface area is 226 Å². The van der Waals surface area contributed by atoms with Crippen molar-refractivity contribution in [1.29, 1.82) is 0 Å². The maximum atomic E-state index is 13.3. The van der Waals surface area contributed by atoms with Gasteiger partial charge in [-0.3, -0.25) is 14.5 Å². The van der Waals surface area contributed by atoms with Gasteiger partial charge in [0, 0.05) is 31.4 Å². The van der Waals surface area contributed by atoms with Gasteiger partial charge in [-0.25, -0.2) is 14.5 Å². The number of rotatable bonds is 11. The molecule has 0 saturated heterocycles. The second kappa shape index (κ2) is 12.1. The quantitative estimate of drug-likeness (QED) is 0.270. The molecule has 0 aromatic carbocycles. The van der Waals surface area contributed by atoms with Crippen LogP contribution < -0.4 is 16.0 Å². The molecule has 200 valence electrons. The number of thiophene rings is 1. The lowest BCUT2D eigenvalue weighted by Crippen LogP contribution is -2.42. The first-order valence-corrected chi connectivity index (χ1v) is 13.6. The van der Waals surface area contributed by atoms with E-state index in [1.165, 1.54) is 0 Å². The lowest BCUT2D eigenvalue weighted by atomic mass is 10.1. The summed E-state index contributed by atoms with van der Waals surface area (Å²) in [4.78, 5) is 38.3. The van der Waals surface area contributed by atoms with Gasteiger partial charge in [0.05, 0.1) is 28.0 Å². The summed E-state index contributed by atoms with van der Waals surface area (Å²) >= 11 is 1.61. The number of likely N-dealkylation sites (N-methyl/N-ethyl adjacent to an activating group) is 2. The summed E-state index contributed by atoms with van der Waals surface area (Å²) < 4.78 is 1.69. The maximum absolute atomic E-state index is 13.3. The zero-order chi connectivity index (χ0) is 27.2. The van der Waals surface area contributed by atoms with Crippen LogP contribution >= 0.6 is 11.3 Å². The van der Waals surface area contributed by atoms with Gasteiger partial charge in [-0.1, -0.05) is 19.9 Å². The minimum atomic E-state index is -0.547. The third-order valence-corrected chi connectivity index (χ3v) is 7.40. The highest BCUT2D eigenvalue weighted by Gasteiger charge is 2.19. The van der Waals surface area contributed by atoms with Crippen LogP contribution in [0.15, 0.2) is 48.1 Å². The van der Waals surface area contributed by atoms with Crippen molar-refractivity contribution in [3.63, 3.8) is 0 Å². The molecule has 0 spiro atoms. The molecule has 0 fully saturated rings. The Morgan fingerprint density at radius 2 is 1.89 bits per heavy atom. The molecule has 11 heteroatoms. The molecule has 0 aliphatic carbocycles. The number of carbonyl (C=O) groups excluding carboxylic acids is 2. The Kier molecular flexibility index (Phi) is 8.70. The molecule has 4 heterocycles. The van der Waals surface area contributed by atoms with E-state index in [9.17, 15) is 9.59 Å². The molecule has 4 rings (SSSR count). The maximum Gasteiger partial charge on any atom is 0.251 e. The molecule has 2 atom stereocenters. The zero-order valence-corrected chi connectivity index (χ0v) is 23.2. The van der Waals surface area contributed by atoms with Crippen molar-refractivity contribution in [2.45, 2.75) is 39.8 Å². The van der Waals surface area contributed by atoms with E-state index in [2.05, 4.69) is 46.7 Å². The van der Waals surface area contributed by atoms with Gasteiger partial charge in [0.2, 0.25) is 5.91 Å². The first-order valence-electron chi connectivity index (χ1n) is 12.8. The number of pyridine rings is 1. The van der Waals surface area contributed by atoms with Crippen molar-refractivity contribution in [3.05, 3.63) is 53.7 Å². The van der Waals surface area contributed by atoms with Gasteiger partial charge >= 0.3 is 0 Å². The molecule has 0 bridgehead atoms. The molecule has 2 amide bonds. The number of aromatic nitrogens is 4. The summed E-state index contributed by atoms with van der Waals surface area (Å²) in [5.41, 5.74) is 3.11. The van der Waals surface area contributed by atoms with Crippen LogP contribution in [0.5, 0.6) is 0 Å². The number of nitrogens with one attached hydrogen (secondary N) is 3. The van der Waals surface area contributed by atoms with Gasteiger partial charge in [-0.05, 0) is 56.6 Å². The summed E-state index contributed by atoms with van der Waals surface area (Å²) in [6.07, 6.45) is 3.55. The van der Waals surface area contributed by atoms with Gasteiger partial charge in [0.25, 0.3) is 5.91 Å². The van der Waals surface area contributed by atoms with Crippen molar-refractivity contribution in [3.8, 4) is 21.8 Å². The van der Waals surface area contributed by atoms with Crippen LogP contribution in [0.3, 0.4) is 0 Å². The second-order valence-corrected chi connectivity index (χ2v) is 9.95. The molecule has 0 unspecified atom stereocenters. The van der Waals surface area contributed by atoms with Crippen molar-refractivity contribution < 1.29 is 9.59 Å². The third-order valence-electron chi connectivity index (χ3n) is 6.50. The predicted molar refractivity (Wildman–Crippen MR) is 151 cm³/mol. The highest BCUT2D eigenvalue weighted by molar-refractivity contribution is 7.13. The molecule has 0 aliphatic heterocycles. The molecule has 4 aromatic heterocycles. The predicted octanol–water partition coefficient (Wildman–Crippen LogP) is 3.53. The summed E-state index contributed by atoms with van der Waals surface area (Å²) in [5.74, 6) is 0.0100. The number of hydrogen-bond acceptors (Lipinski definition) is 8. The van der Waals surface area contributed by atoms with Crippen LogP contribution in [0.25, 0.3) is 27.5 Å². The van der Waals surface area contributed by atoms with Crippen LogP contribution in [-0.2, 0) is 4.79 Å². The highest BCUT2D eigenvalue weighted by Crippen LogP contribution is 2.28. The van der Waals surface area contributed by atoms with Crippen molar-refractivity contribution in [2.24, 2.45) is 0 Å². The molecule has 10 nitrogen and oxygen atoms in total. The van der Waals surface area contributed by atoms with E-state index < -0.39 is 6.04 Å². The molecule has 4 aromatic rings. The fraction of sp³-hybridized carbons (Fsp3) is 0.370. The van der Waals surface area contributed by atoms with E-state index in [4.69, 9.17) is 9.97 Å². The number of carbonyl (C=O) groups is 2. The Morgan fingerprint density at radius 1 is 1.11 bits per heavy atom. The zero-order valence-electron chi connectivity index (χ0n) is 22.4. The highest BCUT2D eigenvalue weighted by atomic mass is 32.1. The van der Waals surface area contributed by atoms with Crippen molar-refractivity contribution in [1.82, 2.24) is 35.1 Å². The Morgan fingerprint density at radius 3 is 2.58 bits per heavy atom.